The van der Waals surface area contributed by atoms with Gasteiger partial charge in [0.15, 0.2) is 5.82 Å². The van der Waals surface area contributed by atoms with Gasteiger partial charge in [-0.3, -0.25) is 4.21 Å². The van der Waals surface area contributed by atoms with Gasteiger partial charge in [-0.15, -0.1) is 0 Å². The van der Waals surface area contributed by atoms with Crippen LogP contribution in [0, 0.1) is 20.8 Å². The van der Waals surface area contributed by atoms with E-state index >= 15 is 0 Å². The van der Waals surface area contributed by atoms with Crippen LogP contribution in [0.3, 0.4) is 0 Å². The van der Waals surface area contributed by atoms with Gasteiger partial charge in [0.05, 0.1) is 16.3 Å². The summed E-state index contributed by atoms with van der Waals surface area (Å²) in [7, 11) is -0.970. The topological polar surface area (TPSA) is 73.8 Å². The molecule has 0 saturated carbocycles. The number of aryl methyl sites for hydroxylation is 4. The molecule has 3 aromatic rings. The molecule has 2 N–H and O–H groups in total. The highest BCUT2D eigenvalue weighted by atomic mass is 32.2. The van der Waals surface area contributed by atoms with Crippen molar-refractivity contribution in [3.63, 3.8) is 0 Å². The highest BCUT2D eigenvalue weighted by molar-refractivity contribution is 7.85. The van der Waals surface area contributed by atoms with E-state index in [2.05, 4.69) is 14.5 Å². The monoisotopic (exact) mass is 342 g/mol. The van der Waals surface area contributed by atoms with Crippen molar-refractivity contribution in [2.24, 2.45) is 0 Å². The van der Waals surface area contributed by atoms with E-state index in [4.69, 9.17) is 5.73 Å². The third-order valence-electron chi connectivity index (χ3n) is 4.30. The molecule has 0 aliphatic carbocycles. The Morgan fingerprint density at radius 1 is 1.12 bits per heavy atom. The van der Waals surface area contributed by atoms with Crippen molar-refractivity contribution in [2.75, 3.05) is 11.5 Å². The molecule has 0 saturated heterocycles. The Morgan fingerprint density at radius 3 is 2.54 bits per heavy atom. The minimum Gasteiger partial charge on any atom is -0.382 e. The van der Waals surface area contributed by atoms with Crippen LogP contribution in [0.25, 0.3) is 11.0 Å². The van der Waals surface area contributed by atoms with Crippen LogP contribution in [0.1, 0.15) is 23.5 Å². The number of fused-ring (bicyclic) bond motifs is 1. The summed E-state index contributed by atoms with van der Waals surface area (Å²) in [6.45, 7) is 6.75. The quantitative estimate of drug-likeness (QED) is 0.773. The zero-order valence-corrected chi connectivity index (χ0v) is 15.1. The summed E-state index contributed by atoms with van der Waals surface area (Å²) >= 11 is 0. The Morgan fingerprint density at radius 2 is 1.83 bits per heavy atom. The maximum Gasteiger partial charge on any atom is 0.151 e. The van der Waals surface area contributed by atoms with E-state index in [0.29, 0.717) is 11.6 Å². The Labute approximate surface area is 144 Å². The summed E-state index contributed by atoms with van der Waals surface area (Å²) in [5.74, 6) is 2.02. The minimum absolute atomic E-state index is 0.475. The molecule has 0 aliphatic heterocycles. The molecule has 24 heavy (non-hydrogen) atoms. The van der Waals surface area contributed by atoms with Crippen LogP contribution in [-0.2, 0) is 17.3 Å². The average molecular weight is 342 g/mol. The van der Waals surface area contributed by atoms with E-state index in [1.165, 1.54) is 0 Å². The van der Waals surface area contributed by atoms with Crippen molar-refractivity contribution in [1.82, 2.24) is 14.5 Å². The standard InChI is InChI=1S/C18H22N4OS/c1-12-13(2)20-18(19)16-17(12)22(14(3)21-16)10-7-11-24(23)15-8-5-4-6-9-15/h4-6,8-9H,7,10-11H2,1-3H3,(H2,19,20). The van der Waals surface area contributed by atoms with Crippen molar-refractivity contribution in [2.45, 2.75) is 38.6 Å². The number of benzene rings is 1. The fourth-order valence-electron chi connectivity index (χ4n) is 2.93. The first kappa shape index (κ1) is 16.6. The average Bonchev–Trinajstić information content (AvgIpc) is 2.91. The lowest BCUT2D eigenvalue weighted by atomic mass is 10.2. The maximum absolute atomic E-state index is 12.4. The molecule has 0 radical (unpaired) electrons. The summed E-state index contributed by atoms with van der Waals surface area (Å²) in [5.41, 5.74) is 9.86. The third kappa shape index (κ3) is 3.06. The summed E-state index contributed by atoms with van der Waals surface area (Å²) < 4.78 is 14.5. The highest BCUT2D eigenvalue weighted by Crippen LogP contribution is 2.26. The highest BCUT2D eigenvalue weighted by Gasteiger charge is 2.15. The molecule has 0 fully saturated rings. The number of hydrogen-bond donors (Lipinski definition) is 1. The number of hydrogen-bond acceptors (Lipinski definition) is 4. The van der Waals surface area contributed by atoms with Gasteiger partial charge in [-0.25, -0.2) is 9.97 Å². The first-order chi connectivity index (χ1) is 11.5. The predicted octanol–water partition coefficient (Wildman–Crippen LogP) is 3.14. The number of nitrogen functional groups attached to an aromatic ring is 1. The maximum atomic E-state index is 12.4. The number of imidazole rings is 1. The van der Waals surface area contributed by atoms with Crippen molar-refractivity contribution in [3.05, 3.63) is 47.4 Å². The van der Waals surface area contributed by atoms with Crippen LogP contribution in [0.4, 0.5) is 5.82 Å². The molecule has 0 aliphatic rings. The number of anilines is 1. The number of aromatic nitrogens is 3. The van der Waals surface area contributed by atoms with Crippen LogP contribution in [0.15, 0.2) is 35.2 Å². The van der Waals surface area contributed by atoms with Crippen LogP contribution >= 0.6 is 0 Å². The molecule has 3 rings (SSSR count). The fraction of sp³-hybridized carbons (Fsp3) is 0.333. The molecule has 2 aromatic heterocycles. The van der Waals surface area contributed by atoms with E-state index in [1.807, 2.05) is 51.1 Å². The van der Waals surface area contributed by atoms with E-state index in [-0.39, 0.29) is 0 Å². The SMILES string of the molecule is Cc1nc(N)c2nc(C)n(CCCS(=O)c3ccccc3)c2c1C. The van der Waals surface area contributed by atoms with Gasteiger partial charge in [0.1, 0.15) is 11.3 Å². The molecule has 0 spiro atoms. The largest absolute Gasteiger partial charge is 0.382 e. The number of nitrogens with zero attached hydrogens (tertiary/aromatic N) is 3. The molecular formula is C18H22N4OS. The summed E-state index contributed by atoms with van der Waals surface area (Å²) in [6, 6.07) is 9.60. The Balaban J connectivity index is 1.81. The molecular weight excluding hydrogens is 320 g/mol. The summed E-state index contributed by atoms with van der Waals surface area (Å²) in [6.07, 6.45) is 0.814. The van der Waals surface area contributed by atoms with Crippen molar-refractivity contribution in [3.8, 4) is 0 Å². The Hall–Kier alpha value is -2.21. The van der Waals surface area contributed by atoms with Gasteiger partial charge in [0.2, 0.25) is 0 Å². The normalized spacial score (nSPS) is 12.6. The second-order valence-electron chi connectivity index (χ2n) is 5.93. The minimum atomic E-state index is -0.970. The van der Waals surface area contributed by atoms with E-state index < -0.39 is 10.8 Å². The van der Waals surface area contributed by atoms with E-state index in [1.54, 1.807) is 0 Å². The molecule has 1 unspecified atom stereocenters. The molecule has 5 nitrogen and oxygen atoms in total. The summed E-state index contributed by atoms with van der Waals surface area (Å²) in [5, 5.41) is 0. The first-order valence-corrected chi connectivity index (χ1v) is 9.34. The lowest BCUT2D eigenvalue weighted by Gasteiger charge is -2.10. The molecule has 0 amide bonds. The molecule has 126 valence electrons. The van der Waals surface area contributed by atoms with Crippen LogP contribution in [0.2, 0.25) is 0 Å². The first-order valence-electron chi connectivity index (χ1n) is 8.02. The Bertz CT molecular complexity index is 903. The second kappa shape index (κ2) is 6.73. The number of rotatable bonds is 5. The van der Waals surface area contributed by atoms with Gasteiger partial charge in [-0.05, 0) is 44.9 Å². The van der Waals surface area contributed by atoms with Crippen molar-refractivity contribution < 1.29 is 4.21 Å². The molecule has 6 heteroatoms. The zero-order valence-electron chi connectivity index (χ0n) is 14.2. The fourth-order valence-corrected chi connectivity index (χ4v) is 4.02. The summed E-state index contributed by atoms with van der Waals surface area (Å²) in [4.78, 5) is 9.81. The molecule has 0 bridgehead atoms. The zero-order chi connectivity index (χ0) is 17.3. The van der Waals surface area contributed by atoms with Gasteiger partial charge in [0.25, 0.3) is 0 Å². The number of nitrogens with two attached hydrogens (primary N) is 1. The smallest absolute Gasteiger partial charge is 0.151 e. The van der Waals surface area contributed by atoms with Gasteiger partial charge < -0.3 is 10.3 Å². The van der Waals surface area contributed by atoms with Crippen molar-refractivity contribution in [1.29, 1.82) is 0 Å². The van der Waals surface area contributed by atoms with Gasteiger partial charge in [-0.2, -0.15) is 0 Å². The number of pyridine rings is 1. The van der Waals surface area contributed by atoms with Crippen LogP contribution in [0.5, 0.6) is 0 Å². The van der Waals surface area contributed by atoms with Crippen LogP contribution in [-0.4, -0.2) is 24.5 Å². The van der Waals surface area contributed by atoms with E-state index in [9.17, 15) is 4.21 Å². The predicted molar refractivity (Wildman–Crippen MR) is 98.5 cm³/mol. The lowest BCUT2D eigenvalue weighted by Crippen LogP contribution is -2.07. The second-order valence-corrected chi connectivity index (χ2v) is 7.50. The lowest BCUT2D eigenvalue weighted by molar-refractivity contribution is 0.656. The van der Waals surface area contributed by atoms with Gasteiger partial charge in [0, 0.05) is 22.9 Å². The third-order valence-corrected chi connectivity index (χ3v) is 5.76. The van der Waals surface area contributed by atoms with Crippen molar-refractivity contribution >= 4 is 27.7 Å². The van der Waals surface area contributed by atoms with Gasteiger partial charge in [-0.1, -0.05) is 18.2 Å². The van der Waals surface area contributed by atoms with Crippen LogP contribution < -0.4 is 5.73 Å². The molecule has 1 aromatic carbocycles. The van der Waals surface area contributed by atoms with E-state index in [0.717, 1.165) is 46.0 Å². The van der Waals surface area contributed by atoms with Gasteiger partial charge >= 0.3 is 0 Å². The Kier molecular flexibility index (Phi) is 4.66. The molecule has 2 heterocycles. The molecule has 1 atom stereocenters.